The number of nitrogens with zero attached hydrogens (tertiary/aromatic N) is 1. The molecule has 0 bridgehead atoms. The van der Waals surface area contributed by atoms with Gasteiger partial charge in [0.1, 0.15) is 0 Å². The Bertz CT molecular complexity index is 332. The highest BCUT2D eigenvalue weighted by Crippen LogP contribution is 2.37. The summed E-state index contributed by atoms with van der Waals surface area (Å²) in [5, 5.41) is -0.148. The first-order chi connectivity index (χ1) is 7.57. The van der Waals surface area contributed by atoms with Gasteiger partial charge in [-0.15, -0.1) is 0 Å². The second-order valence-corrected chi connectivity index (χ2v) is 7.38. The average molecular weight is 246 g/mol. The molecule has 0 radical (unpaired) electrons. The number of hydrogen-bond donors (Lipinski definition) is 1. The lowest BCUT2D eigenvalue weighted by molar-refractivity contribution is 0.336. The third kappa shape index (κ3) is 2.26. The maximum absolute atomic E-state index is 12.3. The molecule has 2 fully saturated rings. The highest BCUT2D eigenvalue weighted by molar-refractivity contribution is 7.89. The van der Waals surface area contributed by atoms with E-state index >= 15 is 0 Å². The fourth-order valence-corrected chi connectivity index (χ4v) is 4.76. The standard InChI is InChI=1S/C11H22N2O2S/c1-13(11(8-12)9-6-7-9)16(14,15)10-4-2-3-5-10/h9-11H,2-8,12H2,1H3. The van der Waals surface area contributed by atoms with Crippen LogP contribution in [0.4, 0.5) is 0 Å². The lowest BCUT2D eigenvalue weighted by atomic mass is 10.2. The largest absolute Gasteiger partial charge is 0.329 e. The molecule has 2 N–H and O–H groups in total. The van der Waals surface area contributed by atoms with E-state index in [9.17, 15) is 8.42 Å². The molecule has 2 aliphatic carbocycles. The van der Waals surface area contributed by atoms with Crippen molar-refractivity contribution in [2.75, 3.05) is 13.6 Å². The van der Waals surface area contributed by atoms with Crippen molar-refractivity contribution >= 4 is 10.0 Å². The van der Waals surface area contributed by atoms with E-state index in [0.717, 1.165) is 38.5 Å². The van der Waals surface area contributed by atoms with Crippen LogP contribution in [-0.2, 0) is 10.0 Å². The fraction of sp³-hybridized carbons (Fsp3) is 1.00. The fourth-order valence-electron chi connectivity index (χ4n) is 2.73. The molecule has 2 aliphatic rings. The molecule has 5 heteroatoms. The zero-order chi connectivity index (χ0) is 11.8. The number of sulfonamides is 1. The first-order valence-corrected chi connectivity index (χ1v) is 7.74. The molecule has 4 nitrogen and oxygen atoms in total. The van der Waals surface area contributed by atoms with E-state index < -0.39 is 10.0 Å². The molecule has 2 rings (SSSR count). The molecule has 2 saturated carbocycles. The van der Waals surface area contributed by atoms with Gasteiger partial charge in [-0.3, -0.25) is 0 Å². The van der Waals surface area contributed by atoms with Crippen molar-refractivity contribution in [2.24, 2.45) is 11.7 Å². The number of likely N-dealkylation sites (N-methyl/N-ethyl adjacent to an activating group) is 1. The predicted octanol–water partition coefficient (Wildman–Crippen LogP) is 0.928. The summed E-state index contributed by atoms with van der Waals surface area (Å²) in [5.74, 6) is 0.506. The molecule has 0 aromatic rings. The smallest absolute Gasteiger partial charge is 0.217 e. The molecule has 1 atom stereocenters. The van der Waals surface area contributed by atoms with Crippen LogP contribution in [0.3, 0.4) is 0 Å². The Morgan fingerprint density at radius 1 is 1.25 bits per heavy atom. The zero-order valence-corrected chi connectivity index (χ0v) is 10.7. The van der Waals surface area contributed by atoms with Crippen LogP contribution in [0.5, 0.6) is 0 Å². The average Bonchev–Trinajstić information content (AvgIpc) is 2.93. The SMILES string of the molecule is CN(C(CN)C1CC1)S(=O)(=O)C1CCCC1. The number of hydrogen-bond acceptors (Lipinski definition) is 3. The molecule has 0 aromatic heterocycles. The summed E-state index contributed by atoms with van der Waals surface area (Å²) in [6, 6.07) is 0.0330. The summed E-state index contributed by atoms with van der Waals surface area (Å²) in [6.45, 7) is 0.452. The van der Waals surface area contributed by atoms with Gasteiger partial charge in [0.25, 0.3) is 0 Å². The minimum absolute atomic E-state index is 0.0330. The molecule has 0 heterocycles. The van der Waals surface area contributed by atoms with Crippen molar-refractivity contribution < 1.29 is 8.42 Å². The monoisotopic (exact) mass is 246 g/mol. The minimum atomic E-state index is -3.10. The van der Waals surface area contributed by atoms with Crippen molar-refractivity contribution in [3.05, 3.63) is 0 Å². The number of rotatable bonds is 5. The van der Waals surface area contributed by atoms with Gasteiger partial charge < -0.3 is 5.73 Å². The molecule has 0 aliphatic heterocycles. The van der Waals surface area contributed by atoms with E-state index in [0.29, 0.717) is 12.5 Å². The van der Waals surface area contributed by atoms with Gasteiger partial charge in [-0.2, -0.15) is 0 Å². The maximum Gasteiger partial charge on any atom is 0.217 e. The van der Waals surface area contributed by atoms with E-state index in [-0.39, 0.29) is 11.3 Å². The molecule has 0 aromatic carbocycles. The normalized spacial score (nSPS) is 25.2. The predicted molar refractivity (Wildman–Crippen MR) is 64.5 cm³/mol. The van der Waals surface area contributed by atoms with Crippen molar-refractivity contribution in [1.82, 2.24) is 4.31 Å². The third-order valence-electron chi connectivity index (χ3n) is 4.00. The van der Waals surface area contributed by atoms with Gasteiger partial charge in [-0.05, 0) is 31.6 Å². The van der Waals surface area contributed by atoms with E-state index in [1.807, 2.05) is 0 Å². The summed E-state index contributed by atoms with van der Waals surface area (Å²) in [6.07, 6.45) is 6.02. The summed E-state index contributed by atoms with van der Waals surface area (Å²) < 4.78 is 26.2. The summed E-state index contributed by atoms with van der Waals surface area (Å²) in [5.41, 5.74) is 5.70. The maximum atomic E-state index is 12.3. The molecule has 94 valence electrons. The lowest BCUT2D eigenvalue weighted by Crippen LogP contribution is -2.46. The Hall–Kier alpha value is -0.130. The van der Waals surface area contributed by atoms with Crippen molar-refractivity contribution in [1.29, 1.82) is 0 Å². The van der Waals surface area contributed by atoms with E-state index in [1.54, 1.807) is 11.4 Å². The molecule has 1 unspecified atom stereocenters. The second kappa shape index (κ2) is 4.63. The Labute approximate surface area is 98.2 Å². The van der Waals surface area contributed by atoms with Crippen LogP contribution >= 0.6 is 0 Å². The molecule has 0 spiro atoms. The van der Waals surface area contributed by atoms with Crippen LogP contribution in [0.1, 0.15) is 38.5 Å². The van der Waals surface area contributed by atoms with Crippen LogP contribution < -0.4 is 5.73 Å². The summed E-state index contributed by atoms with van der Waals surface area (Å²) in [4.78, 5) is 0. The molecule has 0 saturated heterocycles. The van der Waals surface area contributed by atoms with Crippen molar-refractivity contribution in [3.8, 4) is 0 Å². The van der Waals surface area contributed by atoms with Gasteiger partial charge in [-0.25, -0.2) is 12.7 Å². The molecular weight excluding hydrogens is 224 g/mol. The van der Waals surface area contributed by atoms with Gasteiger partial charge in [0.05, 0.1) is 5.25 Å². The molecule has 0 amide bonds. The highest BCUT2D eigenvalue weighted by atomic mass is 32.2. The topological polar surface area (TPSA) is 63.4 Å². The Morgan fingerprint density at radius 3 is 2.25 bits per heavy atom. The van der Waals surface area contributed by atoms with Crippen LogP contribution in [0.25, 0.3) is 0 Å². The second-order valence-electron chi connectivity index (χ2n) is 5.11. The Kier molecular flexibility index (Phi) is 3.56. The Balaban J connectivity index is 2.08. The molecular formula is C11H22N2O2S. The molecule has 16 heavy (non-hydrogen) atoms. The summed E-state index contributed by atoms with van der Waals surface area (Å²) in [7, 11) is -1.39. The van der Waals surface area contributed by atoms with Gasteiger partial charge in [-0.1, -0.05) is 12.8 Å². The van der Waals surface area contributed by atoms with E-state index in [1.165, 1.54) is 0 Å². The van der Waals surface area contributed by atoms with Crippen LogP contribution in [0.2, 0.25) is 0 Å². The van der Waals surface area contributed by atoms with Gasteiger partial charge in [0.2, 0.25) is 10.0 Å². The van der Waals surface area contributed by atoms with Gasteiger partial charge >= 0.3 is 0 Å². The third-order valence-corrected chi connectivity index (χ3v) is 6.39. The first kappa shape index (κ1) is 12.3. The van der Waals surface area contributed by atoms with Crippen LogP contribution in [0.15, 0.2) is 0 Å². The zero-order valence-electron chi connectivity index (χ0n) is 9.93. The van der Waals surface area contributed by atoms with E-state index in [4.69, 9.17) is 5.73 Å². The van der Waals surface area contributed by atoms with Gasteiger partial charge in [0.15, 0.2) is 0 Å². The number of nitrogens with two attached hydrogens (primary N) is 1. The van der Waals surface area contributed by atoms with Crippen molar-refractivity contribution in [3.63, 3.8) is 0 Å². The van der Waals surface area contributed by atoms with E-state index in [2.05, 4.69) is 0 Å². The Morgan fingerprint density at radius 2 is 1.81 bits per heavy atom. The van der Waals surface area contributed by atoms with Crippen molar-refractivity contribution in [2.45, 2.75) is 49.8 Å². The lowest BCUT2D eigenvalue weighted by Gasteiger charge is -2.29. The first-order valence-electron chi connectivity index (χ1n) is 6.24. The van der Waals surface area contributed by atoms with Gasteiger partial charge in [0, 0.05) is 19.6 Å². The quantitative estimate of drug-likeness (QED) is 0.785. The van der Waals surface area contributed by atoms with Crippen LogP contribution in [0, 0.1) is 5.92 Å². The summed E-state index contributed by atoms with van der Waals surface area (Å²) >= 11 is 0. The minimum Gasteiger partial charge on any atom is -0.329 e. The highest BCUT2D eigenvalue weighted by Gasteiger charge is 2.41. The van der Waals surface area contributed by atoms with Crippen LogP contribution in [-0.4, -0.2) is 37.6 Å².